The molecule has 2 heterocycles. The van der Waals surface area contributed by atoms with Crippen LogP contribution >= 0.6 is 11.6 Å². The highest BCUT2D eigenvalue weighted by Gasteiger charge is 2.10. The second kappa shape index (κ2) is 6.06. The molecule has 4 heteroatoms. The largest absolute Gasteiger partial charge is 0.492 e. The maximum absolute atomic E-state index is 5.69. The number of halogens is 1. The van der Waals surface area contributed by atoms with Gasteiger partial charge in [-0.1, -0.05) is 11.6 Å². The maximum Gasteiger partial charge on any atom is 0.137 e. The molecule has 0 radical (unpaired) electrons. The normalized spacial score (nSPS) is 16.6. The minimum atomic E-state index is 0.504. The Kier molecular flexibility index (Phi) is 4.43. The van der Waals surface area contributed by atoms with Gasteiger partial charge in [0.2, 0.25) is 0 Å². The Balaban J connectivity index is 1.62. The molecular formula is C12H17ClN2O. The fraction of sp³-hybridized carbons (Fsp3) is 0.583. The van der Waals surface area contributed by atoms with Gasteiger partial charge in [0.1, 0.15) is 10.9 Å². The lowest BCUT2D eigenvalue weighted by atomic mass is 10.4. The number of likely N-dealkylation sites (tertiary alicyclic amines) is 1. The standard InChI is InChI=1S/C12H17ClN2O/c13-12-5-4-11(10-14-12)16-9-3-8-15-6-1-2-7-15/h4-5,10H,1-3,6-9H2. The summed E-state index contributed by atoms with van der Waals surface area (Å²) in [6.07, 6.45) is 5.44. The highest BCUT2D eigenvalue weighted by Crippen LogP contribution is 2.12. The second-order valence-corrected chi connectivity index (χ2v) is 4.45. The van der Waals surface area contributed by atoms with E-state index in [1.165, 1.54) is 25.9 Å². The molecule has 2 rings (SSSR count). The molecule has 1 aliphatic heterocycles. The van der Waals surface area contributed by atoms with E-state index in [-0.39, 0.29) is 0 Å². The van der Waals surface area contributed by atoms with Gasteiger partial charge in [-0.2, -0.15) is 0 Å². The van der Waals surface area contributed by atoms with Crippen LogP contribution in [-0.4, -0.2) is 36.1 Å². The zero-order valence-corrected chi connectivity index (χ0v) is 10.1. The van der Waals surface area contributed by atoms with Crippen LogP contribution in [0.15, 0.2) is 18.3 Å². The van der Waals surface area contributed by atoms with Crippen molar-refractivity contribution in [3.63, 3.8) is 0 Å². The number of hydrogen-bond acceptors (Lipinski definition) is 3. The summed E-state index contributed by atoms with van der Waals surface area (Å²) in [7, 11) is 0. The minimum Gasteiger partial charge on any atom is -0.492 e. The molecule has 88 valence electrons. The van der Waals surface area contributed by atoms with E-state index >= 15 is 0 Å². The van der Waals surface area contributed by atoms with E-state index in [1.807, 2.05) is 6.07 Å². The molecule has 1 saturated heterocycles. The van der Waals surface area contributed by atoms with Crippen LogP contribution in [0, 0.1) is 0 Å². The molecule has 0 aliphatic carbocycles. The minimum absolute atomic E-state index is 0.504. The summed E-state index contributed by atoms with van der Waals surface area (Å²) in [4.78, 5) is 6.45. The van der Waals surface area contributed by atoms with Crippen LogP contribution in [0.2, 0.25) is 5.15 Å². The zero-order valence-electron chi connectivity index (χ0n) is 9.36. The Morgan fingerprint density at radius 3 is 2.81 bits per heavy atom. The molecule has 16 heavy (non-hydrogen) atoms. The third kappa shape index (κ3) is 3.65. The van der Waals surface area contributed by atoms with Crippen LogP contribution in [0.5, 0.6) is 5.75 Å². The molecule has 1 fully saturated rings. The molecular weight excluding hydrogens is 224 g/mol. The van der Waals surface area contributed by atoms with Crippen molar-refractivity contribution in [1.29, 1.82) is 0 Å². The molecule has 3 nitrogen and oxygen atoms in total. The Morgan fingerprint density at radius 2 is 2.12 bits per heavy atom. The average Bonchev–Trinajstić information content (AvgIpc) is 2.80. The van der Waals surface area contributed by atoms with Crippen LogP contribution in [0.25, 0.3) is 0 Å². The first-order valence-corrected chi connectivity index (χ1v) is 6.19. The summed E-state index contributed by atoms with van der Waals surface area (Å²) in [6, 6.07) is 3.60. The fourth-order valence-electron chi connectivity index (χ4n) is 1.93. The first-order chi connectivity index (χ1) is 7.84. The lowest BCUT2D eigenvalue weighted by Gasteiger charge is -2.14. The monoisotopic (exact) mass is 240 g/mol. The lowest BCUT2D eigenvalue weighted by molar-refractivity contribution is 0.263. The van der Waals surface area contributed by atoms with Gasteiger partial charge in [-0.05, 0) is 44.5 Å². The molecule has 0 atom stereocenters. The molecule has 0 N–H and O–H groups in total. The van der Waals surface area contributed by atoms with E-state index in [2.05, 4.69) is 9.88 Å². The molecule has 0 unspecified atom stereocenters. The van der Waals surface area contributed by atoms with Crippen molar-refractivity contribution in [2.75, 3.05) is 26.2 Å². The number of aromatic nitrogens is 1. The smallest absolute Gasteiger partial charge is 0.137 e. The van der Waals surface area contributed by atoms with Gasteiger partial charge in [-0.15, -0.1) is 0 Å². The SMILES string of the molecule is Clc1ccc(OCCCN2CCCC2)cn1. The van der Waals surface area contributed by atoms with Gasteiger partial charge in [0, 0.05) is 6.54 Å². The molecule has 0 amide bonds. The summed E-state index contributed by atoms with van der Waals surface area (Å²) < 4.78 is 5.57. The summed E-state index contributed by atoms with van der Waals surface area (Å²) in [5.41, 5.74) is 0. The number of nitrogens with zero attached hydrogens (tertiary/aromatic N) is 2. The summed E-state index contributed by atoms with van der Waals surface area (Å²) in [5, 5.41) is 0.504. The topological polar surface area (TPSA) is 25.4 Å². The molecule has 1 aromatic rings. The molecule has 0 bridgehead atoms. The van der Waals surface area contributed by atoms with Gasteiger partial charge in [0.15, 0.2) is 0 Å². The van der Waals surface area contributed by atoms with Gasteiger partial charge in [-0.3, -0.25) is 0 Å². The van der Waals surface area contributed by atoms with Crippen molar-refractivity contribution in [3.8, 4) is 5.75 Å². The van der Waals surface area contributed by atoms with Crippen LogP contribution < -0.4 is 4.74 Å². The Morgan fingerprint density at radius 1 is 1.31 bits per heavy atom. The van der Waals surface area contributed by atoms with Gasteiger partial charge >= 0.3 is 0 Å². The van der Waals surface area contributed by atoms with Crippen LogP contribution in [-0.2, 0) is 0 Å². The quantitative estimate of drug-likeness (QED) is 0.584. The summed E-state index contributed by atoms with van der Waals surface area (Å²) in [6.45, 7) is 4.39. The average molecular weight is 241 g/mol. The first kappa shape index (κ1) is 11.7. The number of ether oxygens (including phenoxy) is 1. The van der Waals surface area contributed by atoms with Crippen molar-refractivity contribution in [2.45, 2.75) is 19.3 Å². The van der Waals surface area contributed by atoms with Crippen molar-refractivity contribution < 1.29 is 4.74 Å². The molecule has 1 aromatic heterocycles. The van der Waals surface area contributed by atoms with Gasteiger partial charge < -0.3 is 9.64 Å². The molecule has 0 spiro atoms. The molecule has 0 aromatic carbocycles. The summed E-state index contributed by atoms with van der Waals surface area (Å²) >= 11 is 5.69. The van der Waals surface area contributed by atoms with E-state index in [9.17, 15) is 0 Å². The van der Waals surface area contributed by atoms with Gasteiger partial charge in [0.05, 0.1) is 12.8 Å². The predicted octanol–water partition coefficient (Wildman–Crippen LogP) is 2.60. The van der Waals surface area contributed by atoms with Crippen molar-refractivity contribution >= 4 is 11.6 Å². The van der Waals surface area contributed by atoms with Crippen molar-refractivity contribution in [3.05, 3.63) is 23.5 Å². The Bertz CT molecular complexity index is 309. The van der Waals surface area contributed by atoms with Crippen LogP contribution in [0.3, 0.4) is 0 Å². The van der Waals surface area contributed by atoms with Crippen LogP contribution in [0.4, 0.5) is 0 Å². The van der Waals surface area contributed by atoms with Crippen molar-refractivity contribution in [2.24, 2.45) is 0 Å². The number of pyridine rings is 1. The molecule has 0 saturated carbocycles. The van der Waals surface area contributed by atoms with E-state index in [0.29, 0.717) is 5.15 Å². The third-order valence-electron chi connectivity index (χ3n) is 2.79. The number of rotatable bonds is 5. The second-order valence-electron chi connectivity index (χ2n) is 4.07. The van der Waals surface area contributed by atoms with E-state index in [1.54, 1.807) is 12.3 Å². The highest BCUT2D eigenvalue weighted by atomic mass is 35.5. The maximum atomic E-state index is 5.69. The van der Waals surface area contributed by atoms with Gasteiger partial charge in [-0.25, -0.2) is 4.98 Å². The Labute approximate surface area is 101 Å². The van der Waals surface area contributed by atoms with E-state index in [0.717, 1.165) is 25.3 Å². The molecule has 1 aliphatic rings. The van der Waals surface area contributed by atoms with Crippen molar-refractivity contribution in [1.82, 2.24) is 9.88 Å². The predicted molar refractivity (Wildman–Crippen MR) is 65.0 cm³/mol. The van der Waals surface area contributed by atoms with Gasteiger partial charge in [0.25, 0.3) is 0 Å². The first-order valence-electron chi connectivity index (χ1n) is 5.81. The van der Waals surface area contributed by atoms with E-state index < -0.39 is 0 Å². The lowest BCUT2D eigenvalue weighted by Crippen LogP contribution is -2.21. The summed E-state index contributed by atoms with van der Waals surface area (Å²) in [5.74, 6) is 0.797. The van der Waals surface area contributed by atoms with E-state index in [4.69, 9.17) is 16.3 Å². The van der Waals surface area contributed by atoms with Crippen LogP contribution in [0.1, 0.15) is 19.3 Å². The number of hydrogen-bond donors (Lipinski definition) is 0. The fourth-order valence-corrected chi connectivity index (χ4v) is 2.04. The zero-order chi connectivity index (χ0) is 11.2. The highest BCUT2D eigenvalue weighted by molar-refractivity contribution is 6.29. The Hall–Kier alpha value is -0.800. The third-order valence-corrected chi connectivity index (χ3v) is 3.01.